The van der Waals surface area contributed by atoms with Crippen LogP contribution >= 0.6 is 0 Å². The van der Waals surface area contributed by atoms with Crippen LogP contribution in [0.15, 0.2) is 0 Å². The highest BCUT2D eigenvalue weighted by Crippen LogP contribution is 2.36. The minimum atomic E-state index is -0.737. The van der Waals surface area contributed by atoms with Crippen LogP contribution in [0.5, 0.6) is 0 Å². The van der Waals surface area contributed by atoms with Gasteiger partial charge in [-0.05, 0) is 19.3 Å². The molecule has 1 saturated carbocycles. The van der Waals surface area contributed by atoms with Crippen LogP contribution in [0.4, 0.5) is 0 Å². The molecule has 1 aliphatic rings. The zero-order valence-electron chi connectivity index (χ0n) is 12.5. The number of ketones is 1. The molecule has 1 aliphatic carbocycles. The number of rotatable bonds is 10. The van der Waals surface area contributed by atoms with Gasteiger partial charge in [-0.3, -0.25) is 9.59 Å². The molecule has 0 heterocycles. The minimum Gasteiger partial charge on any atom is -0.481 e. The van der Waals surface area contributed by atoms with E-state index in [9.17, 15) is 9.59 Å². The standard InChI is InChI=1S/C15H26O5/c1-19-15(20-2)12-9-10-13(16)11(12)7-5-3-4-6-8-14(17)18/h11-12,15H,3-10H2,1-2H3,(H,17,18). The van der Waals surface area contributed by atoms with Crippen molar-refractivity contribution in [2.45, 2.75) is 57.7 Å². The van der Waals surface area contributed by atoms with Gasteiger partial charge in [-0.1, -0.05) is 19.3 Å². The highest BCUT2D eigenvalue weighted by Gasteiger charge is 2.39. The summed E-state index contributed by atoms with van der Waals surface area (Å²) in [7, 11) is 3.22. The molecule has 0 radical (unpaired) electrons. The van der Waals surface area contributed by atoms with Gasteiger partial charge in [0.1, 0.15) is 5.78 Å². The van der Waals surface area contributed by atoms with Gasteiger partial charge in [0.05, 0.1) is 0 Å². The van der Waals surface area contributed by atoms with Gasteiger partial charge in [-0.15, -0.1) is 0 Å². The lowest BCUT2D eigenvalue weighted by molar-refractivity contribution is -0.149. The van der Waals surface area contributed by atoms with Crippen LogP contribution in [-0.2, 0) is 19.1 Å². The van der Waals surface area contributed by atoms with Crippen molar-refractivity contribution in [3.05, 3.63) is 0 Å². The largest absolute Gasteiger partial charge is 0.481 e. The smallest absolute Gasteiger partial charge is 0.303 e. The average Bonchev–Trinajstić information content (AvgIpc) is 2.77. The third kappa shape index (κ3) is 5.21. The number of carboxylic acid groups (broad SMARTS) is 1. The predicted molar refractivity (Wildman–Crippen MR) is 74.4 cm³/mol. The highest BCUT2D eigenvalue weighted by atomic mass is 16.7. The zero-order valence-corrected chi connectivity index (χ0v) is 12.5. The van der Waals surface area contributed by atoms with Gasteiger partial charge in [-0.2, -0.15) is 0 Å². The molecule has 0 saturated heterocycles. The van der Waals surface area contributed by atoms with E-state index in [1.165, 1.54) is 0 Å². The molecule has 0 aromatic carbocycles. The Hall–Kier alpha value is -0.940. The van der Waals surface area contributed by atoms with Crippen LogP contribution in [0, 0.1) is 11.8 Å². The lowest BCUT2D eigenvalue weighted by atomic mass is 9.89. The van der Waals surface area contributed by atoms with Crippen molar-refractivity contribution in [3.63, 3.8) is 0 Å². The second kappa shape index (κ2) is 9.08. The summed E-state index contributed by atoms with van der Waals surface area (Å²) in [5.74, 6) is -0.213. The Labute approximate surface area is 120 Å². The van der Waals surface area contributed by atoms with Crippen molar-refractivity contribution < 1.29 is 24.2 Å². The topological polar surface area (TPSA) is 72.8 Å². The van der Waals surface area contributed by atoms with Crippen LogP contribution in [0.25, 0.3) is 0 Å². The Balaban J connectivity index is 2.29. The van der Waals surface area contributed by atoms with E-state index in [1.807, 2.05) is 0 Å². The molecular formula is C15H26O5. The molecule has 1 rings (SSSR count). The summed E-state index contributed by atoms with van der Waals surface area (Å²) in [5.41, 5.74) is 0. The normalized spacial score (nSPS) is 22.6. The summed E-state index contributed by atoms with van der Waals surface area (Å²) in [6.45, 7) is 0. The Morgan fingerprint density at radius 2 is 1.90 bits per heavy atom. The van der Waals surface area contributed by atoms with Crippen LogP contribution < -0.4 is 0 Å². The number of carboxylic acids is 1. The molecule has 0 amide bonds. The molecule has 1 fully saturated rings. The van der Waals surface area contributed by atoms with Crippen molar-refractivity contribution in [2.75, 3.05) is 14.2 Å². The molecule has 2 atom stereocenters. The third-order valence-electron chi connectivity index (χ3n) is 4.12. The number of hydrogen-bond acceptors (Lipinski definition) is 4. The fraction of sp³-hybridized carbons (Fsp3) is 0.867. The quantitative estimate of drug-likeness (QED) is 0.493. The van der Waals surface area contributed by atoms with Crippen molar-refractivity contribution in [1.82, 2.24) is 0 Å². The number of methoxy groups -OCH3 is 2. The van der Waals surface area contributed by atoms with Crippen LogP contribution in [0.1, 0.15) is 51.4 Å². The second-order valence-electron chi connectivity index (χ2n) is 5.46. The monoisotopic (exact) mass is 286 g/mol. The van der Waals surface area contributed by atoms with Gasteiger partial charge >= 0.3 is 5.97 Å². The van der Waals surface area contributed by atoms with E-state index in [0.29, 0.717) is 12.2 Å². The van der Waals surface area contributed by atoms with Crippen LogP contribution in [0.2, 0.25) is 0 Å². The van der Waals surface area contributed by atoms with Crippen LogP contribution in [0.3, 0.4) is 0 Å². The van der Waals surface area contributed by atoms with E-state index >= 15 is 0 Å². The first-order valence-corrected chi connectivity index (χ1v) is 7.40. The molecular weight excluding hydrogens is 260 g/mol. The number of carbonyl (C=O) groups excluding carboxylic acids is 1. The summed E-state index contributed by atoms with van der Waals surface area (Å²) in [5, 5.41) is 8.55. The van der Waals surface area contributed by atoms with Crippen molar-refractivity contribution in [1.29, 1.82) is 0 Å². The van der Waals surface area contributed by atoms with Gasteiger partial charge in [-0.25, -0.2) is 0 Å². The number of carbonyl (C=O) groups is 2. The van der Waals surface area contributed by atoms with E-state index in [1.54, 1.807) is 14.2 Å². The number of unbranched alkanes of at least 4 members (excludes halogenated alkanes) is 3. The van der Waals surface area contributed by atoms with E-state index < -0.39 is 5.97 Å². The molecule has 0 spiro atoms. The Morgan fingerprint density at radius 3 is 2.50 bits per heavy atom. The molecule has 5 nitrogen and oxygen atoms in total. The number of ether oxygens (including phenoxy) is 2. The van der Waals surface area contributed by atoms with E-state index in [0.717, 1.165) is 38.5 Å². The maximum Gasteiger partial charge on any atom is 0.303 e. The van der Waals surface area contributed by atoms with E-state index in [2.05, 4.69) is 0 Å². The van der Waals surface area contributed by atoms with Gasteiger partial charge < -0.3 is 14.6 Å². The zero-order chi connectivity index (χ0) is 15.0. The van der Waals surface area contributed by atoms with Gasteiger partial charge in [0, 0.05) is 38.9 Å². The maximum atomic E-state index is 11.9. The Bertz CT molecular complexity index is 311. The molecule has 5 heteroatoms. The average molecular weight is 286 g/mol. The summed E-state index contributed by atoms with van der Waals surface area (Å²) in [6, 6.07) is 0. The summed E-state index contributed by atoms with van der Waals surface area (Å²) in [6.07, 6.45) is 5.85. The first-order valence-electron chi connectivity index (χ1n) is 7.40. The first-order chi connectivity index (χ1) is 9.60. The third-order valence-corrected chi connectivity index (χ3v) is 4.12. The Kier molecular flexibility index (Phi) is 7.77. The molecule has 20 heavy (non-hydrogen) atoms. The van der Waals surface area contributed by atoms with Gasteiger partial charge in [0.15, 0.2) is 6.29 Å². The Morgan fingerprint density at radius 1 is 1.25 bits per heavy atom. The first kappa shape index (κ1) is 17.1. The van der Waals surface area contributed by atoms with Crippen molar-refractivity contribution in [3.8, 4) is 0 Å². The van der Waals surface area contributed by atoms with Crippen molar-refractivity contribution >= 4 is 11.8 Å². The molecule has 1 N–H and O–H groups in total. The summed E-state index contributed by atoms with van der Waals surface area (Å²) in [4.78, 5) is 22.3. The lowest BCUT2D eigenvalue weighted by Crippen LogP contribution is -2.29. The minimum absolute atomic E-state index is 0.0411. The molecule has 116 valence electrons. The van der Waals surface area contributed by atoms with Gasteiger partial charge in [0.25, 0.3) is 0 Å². The maximum absolute atomic E-state index is 11.9. The molecule has 0 aromatic heterocycles. The summed E-state index contributed by atoms with van der Waals surface area (Å²) >= 11 is 0. The van der Waals surface area contributed by atoms with Crippen LogP contribution in [-0.4, -0.2) is 37.4 Å². The summed E-state index contributed by atoms with van der Waals surface area (Å²) < 4.78 is 10.6. The SMILES string of the molecule is COC(OC)C1CCC(=O)C1CCCCCCC(=O)O. The highest BCUT2D eigenvalue weighted by molar-refractivity contribution is 5.83. The molecule has 0 bridgehead atoms. The van der Waals surface area contributed by atoms with Crippen molar-refractivity contribution in [2.24, 2.45) is 11.8 Å². The number of Topliss-reactive ketones (excluding diaryl/α,β-unsaturated/α-hetero) is 1. The lowest BCUT2D eigenvalue weighted by Gasteiger charge is -2.25. The molecule has 2 unspecified atom stereocenters. The fourth-order valence-corrected chi connectivity index (χ4v) is 3.07. The van der Waals surface area contributed by atoms with E-state index in [-0.39, 0.29) is 24.5 Å². The number of hydrogen-bond donors (Lipinski definition) is 1. The molecule has 0 aliphatic heterocycles. The van der Waals surface area contributed by atoms with Gasteiger partial charge in [0.2, 0.25) is 0 Å². The second-order valence-corrected chi connectivity index (χ2v) is 5.46. The molecule has 0 aromatic rings. The fourth-order valence-electron chi connectivity index (χ4n) is 3.07. The predicted octanol–water partition coefficient (Wildman–Crippen LogP) is 2.63. The number of aliphatic carboxylic acids is 1. The van der Waals surface area contributed by atoms with E-state index in [4.69, 9.17) is 14.6 Å².